The Morgan fingerprint density at radius 1 is 1.10 bits per heavy atom. The summed E-state index contributed by atoms with van der Waals surface area (Å²) in [6, 6.07) is 13.9. The maximum atomic E-state index is 12.2. The summed E-state index contributed by atoms with van der Waals surface area (Å²) in [5, 5.41) is 11.8. The molecule has 162 valence electrons. The van der Waals surface area contributed by atoms with E-state index in [1.54, 1.807) is 18.2 Å². The SMILES string of the molecule is COCCNC(=O)/C(C#N)=C/c1ccc(OC(=O)COc2ccccc2C)c(OC)c1. The Bertz CT molecular complexity index is 994. The zero-order valence-electron chi connectivity index (χ0n) is 17.6. The van der Waals surface area contributed by atoms with Gasteiger partial charge < -0.3 is 24.3 Å². The minimum Gasteiger partial charge on any atom is -0.493 e. The third kappa shape index (κ3) is 7.17. The first-order chi connectivity index (χ1) is 15.0. The number of esters is 1. The Morgan fingerprint density at radius 3 is 2.55 bits per heavy atom. The van der Waals surface area contributed by atoms with Crippen LogP contribution in [0.15, 0.2) is 48.0 Å². The normalized spacial score (nSPS) is 10.7. The van der Waals surface area contributed by atoms with Gasteiger partial charge in [-0.1, -0.05) is 24.3 Å². The average molecular weight is 424 g/mol. The second kappa shape index (κ2) is 12.0. The number of ether oxygens (including phenoxy) is 4. The maximum absolute atomic E-state index is 12.2. The first-order valence-electron chi connectivity index (χ1n) is 9.44. The number of benzene rings is 2. The number of nitrogens with one attached hydrogen (secondary N) is 1. The second-order valence-electron chi connectivity index (χ2n) is 6.36. The highest BCUT2D eigenvalue weighted by molar-refractivity contribution is 6.01. The zero-order valence-corrected chi connectivity index (χ0v) is 17.6. The van der Waals surface area contributed by atoms with Gasteiger partial charge in [-0.3, -0.25) is 4.79 Å². The van der Waals surface area contributed by atoms with Crippen LogP contribution in [0.2, 0.25) is 0 Å². The quantitative estimate of drug-likeness (QED) is 0.205. The van der Waals surface area contributed by atoms with E-state index in [0.29, 0.717) is 17.9 Å². The fraction of sp³-hybridized carbons (Fsp3) is 0.261. The minimum absolute atomic E-state index is 0.0745. The van der Waals surface area contributed by atoms with Crippen molar-refractivity contribution >= 4 is 18.0 Å². The monoisotopic (exact) mass is 424 g/mol. The topological polar surface area (TPSA) is 107 Å². The maximum Gasteiger partial charge on any atom is 0.349 e. The molecule has 0 aliphatic carbocycles. The molecule has 1 N–H and O–H groups in total. The Hall–Kier alpha value is -3.83. The van der Waals surface area contributed by atoms with E-state index in [4.69, 9.17) is 18.9 Å². The molecular weight excluding hydrogens is 400 g/mol. The number of carbonyl (C=O) groups is 2. The summed E-state index contributed by atoms with van der Waals surface area (Å²) >= 11 is 0. The van der Waals surface area contributed by atoms with E-state index < -0.39 is 11.9 Å². The number of methoxy groups -OCH3 is 2. The van der Waals surface area contributed by atoms with E-state index >= 15 is 0 Å². The van der Waals surface area contributed by atoms with Gasteiger partial charge in [-0.05, 0) is 42.3 Å². The highest BCUT2D eigenvalue weighted by Crippen LogP contribution is 2.29. The van der Waals surface area contributed by atoms with Crippen LogP contribution in [-0.2, 0) is 14.3 Å². The van der Waals surface area contributed by atoms with Crippen molar-refractivity contribution in [3.63, 3.8) is 0 Å². The summed E-state index contributed by atoms with van der Waals surface area (Å²) < 4.78 is 21.0. The lowest BCUT2D eigenvalue weighted by atomic mass is 10.1. The molecule has 1 amide bonds. The molecule has 0 atom stereocenters. The number of para-hydroxylation sites is 1. The first-order valence-corrected chi connectivity index (χ1v) is 9.44. The largest absolute Gasteiger partial charge is 0.493 e. The molecule has 0 saturated carbocycles. The molecule has 0 radical (unpaired) electrons. The van der Waals surface area contributed by atoms with Crippen molar-refractivity contribution in [2.75, 3.05) is 34.0 Å². The lowest BCUT2D eigenvalue weighted by molar-refractivity contribution is -0.136. The van der Waals surface area contributed by atoms with Gasteiger partial charge in [0.25, 0.3) is 5.91 Å². The van der Waals surface area contributed by atoms with Gasteiger partial charge >= 0.3 is 5.97 Å². The molecule has 0 heterocycles. The number of rotatable bonds is 10. The van der Waals surface area contributed by atoms with E-state index in [0.717, 1.165) is 5.56 Å². The molecule has 0 fully saturated rings. The second-order valence-corrected chi connectivity index (χ2v) is 6.36. The number of amides is 1. The van der Waals surface area contributed by atoms with Gasteiger partial charge in [0.2, 0.25) is 0 Å². The average Bonchev–Trinajstić information content (AvgIpc) is 2.77. The minimum atomic E-state index is -0.597. The lowest BCUT2D eigenvalue weighted by Crippen LogP contribution is -2.27. The van der Waals surface area contributed by atoms with Gasteiger partial charge in [0, 0.05) is 13.7 Å². The van der Waals surface area contributed by atoms with Crippen molar-refractivity contribution < 1.29 is 28.5 Å². The van der Waals surface area contributed by atoms with Crippen LogP contribution < -0.4 is 19.5 Å². The van der Waals surface area contributed by atoms with Crippen LogP contribution in [0.1, 0.15) is 11.1 Å². The molecule has 0 spiro atoms. The Balaban J connectivity index is 2.06. The Kier molecular flexibility index (Phi) is 9.08. The van der Waals surface area contributed by atoms with Crippen molar-refractivity contribution in [1.29, 1.82) is 5.26 Å². The third-order valence-corrected chi connectivity index (χ3v) is 4.12. The summed E-state index contributed by atoms with van der Waals surface area (Å²) in [5.41, 5.74) is 1.37. The van der Waals surface area contributed by atoms with Crippen LogP contribution in [0.25, 0.3) is 6.08 Å². The predicted molar refractivity (Wildman–Crippen MR) is 114 cm³/mol. The summed E-state index contributed by atoms with van der Waals surface area (Å²) in [7, 11) is 2.94. The highest BCUT2D eigenvalue weighted by atomic mass is 16.6. The molecule has 31 heavy (non-hydrogen) atoms. The van der Waals surface area contributed by atoms with Crippen molar-refractivity contribution in [2.24, 2.45) is 0 Å². The molecule has 0 aliphatic rings. The van der Waals surface area contributed by atoms with Gasteiger partial charge in [-0.15, -0.1) is 0 Å². The number of nitriles is 1. The van der Waals surface area contributed by atoms with Crippen LogP contribution in [0.4, 0.5) is 0 Å². The van der Waals surface area contributed by atoms with E-state index in [2.05, 4.69) is 5.32 Å². The van der Waals surface area contributed by atoms with Crippen molar-refractivity contribution in [3.8, 4) is 23.3 Å². The van der Waals surface area contributed by atoms with Gasteiger partial charge in [0.05, 0.1) is 13.7 Å². The van der Waals surface area contributed by atoms with Crippen LogP contribution in [0.5, 0.6) is 17.2 Å². The summed E-state index contributed by atoms with van der Waals surface area (Å²) in [4.78, 5) is 24.2. The molecular formula is C23H24N2O6. The van der Waals surface area contributed by atoms with E-state index in [1.807, 2.05) is 31.2 Å². The number of carbonyl (C=O) groups excluding carboxylic acids is 2. The van der Waals surface area contributed by atoms with Crippen LogP contribution in [-0.4, -0.2) is 45.9 Å². The fourth-order valence-corrected chi connectivity index (χ4v) is 2.54. The number of aryl methyl sites for hydroxylation is 1. The Labute approximate surface area is 181 Å². The molecule has 2 rings (SSSR count). The van der Waals surface area contributed by atoms with E-state index in [1.165, 1.54) is 26.4 Å². The van der Waals surface area contributed by atoms with Crippen molar-refractivity contribution in [1.82, 2.24) is 5.32 Å². The summed E-state index contributed by atoms with van der Waals surface area (Å²) in [6.07, 6.45) is 1.41. The number of nitrogens with zero attached hydrogens (tertiary/aromatic N) is 1. The Morgan fingerprint density at radius 2 is 1.87 bits per heavy atom. The first kappa shape index (κ1) is 23.4. The molecule has 0 aliphatic heterocycles. The highest BCUT2D eigenvalue weighted by Gasteiger charge is 2.13. The predicted octanol–water partition coefficient (Wildman–Crippen LogP) is 2.66. The van der Waals surface area contributed by atoms with E-state index in [9.17, 15) is 14.9 Å². The smallest absolute Gasteiger partial charge is 0.349 e. The van der Waals surface area contributed by atoms with Gasteiger partial charge in [0.15, 0.2) is 18.1 Å². The lowest BCUT2D eigenvalue weighted by Gasteiger charge is -2.11. The molecule has 0 aromatic heterocycles. The van der Waals surface area contributed by atoms with Crippen LogP contribution >= 0.6 is 0 Å². The summed E-state index contributed by atoms with van der Waals surface area (Å²) in [6.45, 7) is 2.24. The molecule has 0 saturated heterocycles. The zero-order chi connectivity index (χ0) is 22.6. The van der Waals surface area contributed by atoms with Gasteiger partial charge in [0.1, 0.15) is 17.4 Å². The molecule has 8 heteroatoms. The standard InChI is InChI=1S/C23H24N2O6/c1-16-6-4-5-7-19(16)30-15-22(26)31-20-9-8-17(13-21(20)29-3)12-18(14-24)23(27)25-10-11-28-2/h4-9,12-13H,10-11,15H2,1-3H3,(H,25,27)/b18-12+. The third-order valence-electron chi connectivity index (χ3n) is 4.12. The molecule has 0 bridgehead atoms. The van der Waals surface area contributed by atoms with Crippen LogP contribution in [0.3, 0.4) is 0 Å². The fourth-order valence-electron chi connectivity index (χ4n) is 2.54. The molecule has 8 nitrogen and oxygen atoms in total. The summed E-state index contributed by atoms with van der Waals surface area (Å²) in [5.74, 6) is -0.0432. The van der Waals surface area contributed by atoms with Crippen LogP contribution in [0, 0.1) is 18.3 Å². The molecule has 2 aromatic rings. The number of hydrogen-bond donors (Lipinski definition) is 1. The molecule has 0 unspecified atom stereocenters. The van der Waals surface area contributed by atoms with Crippen molar-refractivity contribution in [2.45, 2.75) is 6.92 Å². The number of hydrogen-bond acceptors (Lipinski definition) is 7. The van der Waals surface area contributed by atoms with Gasteiger partial charge in [-0.25, -0.2) is 4.79 Å². The molecule has 2 aromatic carbocycles. The van der Waals surface area contributed by atoms with Gasteiger partial charge in [-0.2, -0.15) is 5.26 Å². The van der Waals surface area contributed by atoms with Crippen molar-refractivity contribution in [3.05, 3.63) is 59.2 Å². The van der Waals surface area contributed by atoms with E-state index in [-0.39, 0.29) is 30.2 Å².